The van der Waals surface area contributed by atoms with Crippen molar-refractivity contribution in [1.29, 1.82) is 0 Å². The topological polar surface area (TPSA) is 64.0 Å². The molecule has 2 heterocycles. The molecule has 0 aliphatic heterocycles. The number of nitrogens with zero attached hydrogens (tertiary/aromatic N) is 2. The van der Waals surface area contributed by atoms with Crippen LogP contribution in [-0.2, 0) is 11.3 Å². The molecule has 0 bridgehead atoms. The number of rotatable bonds is 5. The standard InChI is InChI=1S/C22H16FN3O2/c23-16-7-9-17(10-8-16)25-22(28)21(27)19-14-26(13-15-4-3-11-24-12-15)20-6-2-1-5-18(19)20/h1-12,14H,13H2,(H,25,28). The van der Waals surface area contributed by atoms with Crippen LogP contribution in [0.15, 0.2) is 79.3 Å². The third-order valence-corrected chi connectivity index (χ3v) is 4.42. The first-order chi connectivity index (χ1) is 13.6. The van der Waals surface area contributed by atoms with Crippen molar-refractivity contribution in [1.82, 2.24) is 9.55 Å². The van der Waals surface area contributed by atoms with E-state index in [1.165, 1.54) is 24.3 Å². The molecule has 138 valence electrons. The van der Waals surface area contributed by atoms with E-state index >= 15 is 0 Å². The summed E-state index contributed by atoms with van der Waals surface area (Å²) in [6.45, 7) is 0.529. The fourth-order valence-electron chi connectivity index (χ4n) is 3.09. The summed E-state index contributed by atoms with van der Waals surface area (Å²) in [7, 11) is 0. The molecule has 2 aromatic heterocycles. The van der Waals surface area contributed by atoms with Gasteiger partial charge < -0.3 is 9.88 Å². The monoisotopic (exact) mass is 373 g/mol. The van der Waals surface area contributed by atoms with E-state index in [-0.39, 0.29) is 0 Å². The predicted molar refractivity (Wildman–Crippen MR) is 105 cm³/mol. The number of amides is 1. The van der Waals surface area contributed by atoms with Gasteiger partial charge in [0.1, 0.15) is 5.82 Å². The average molecular weight is 373 g/mol. The summed E-state index contributed by atoms with van der Waals surface area (Å²) in [5.41, 5.74) is 2.51. The highest BCUT2D eigenvalue weighted by atomic mass is 19.1. The van der Waals surface area contributed by atoms with Crippen molar-refractivity contribution in [3.8, 4) is 0 Å². The zero-order valence-electron chi connectivity index (χ0n) is 14.8. The number of halogens is 1. The van der Waals surface area contributed by atoms with Crippen molar-refractivity contribution in [2.75, 3.05) is 5.32 Å². The second kappa shape index (κ2) is 7.44. The second-order valence-corrected chi connectivity index (χ2v) is 6.34. The van der Waals surface area contributed by atoms with E-state index in [1.807, 2.05) is 41.0 Å². The molecule has 1 amide bonds. The summed E-state index contributed by atoms with van der Waals surface area (Å²) >= 11 is 0. The molecule has 0 spiro atoms. The molecule has 0 aliphatic carbocycles. The third kappa shape index (κ3) is 3.53. The normalized spacial score (nSPS) is 10.8. The third-order valence-electron chi connectivity index (χ3n) is 4.42. The number of carbonyl (C=O) groups is 2. The highest BCUT2D eigenvalue weighted by Crippen LogP contribution is 2.23. The second-order valence-electron chi connectivity index (χ2n) is 6.34. The van der Waals surface area contributed by atoms with Crippen LogP contribution >= 0.6 is 0 Å². The van der Waals surface area contributed by atoms with Gasteiger partial charge in [0, 0.05) is 41.7 Å². The van der Waals surface area contributed by atoms with Crippen LogP contribution in [0.2, 0.25) is 0 Å². The number of para-hydroxylation sites is 1. The molecular formula is C22H16FN3O2. The zero-order valence-corrected chi connectivity index (χ0v) is 14.8. The van der Waals surface area contributed by atoms with E-state index in [9.17, 15) is 14.0 Å². The van der Waals surface area contributed by atoms with Crippen LogP contribution in [-0.4, -0.2) is 21.2 Å². The maximum atomic E-state index is 13.0. The van der Waals surface area contributed by atoms with Gasteiger partial charge in [-0.15, -0.1) is 0 Å². The van der Waals surface area contributed by atoms with Crippen molar-refractivity contribution >= 4 is 28.3 Å². The molecule has 4 rings (SSSR count). The number of carbonyl (C=O) groups excluding carboxylic acids is 2. The molecule has 0 saturated heterocycles. The Bertz CT molecular complexity index is 1150. The summed E-state index contributed by atoms with van der Waals surface area (Å²) in [5, 5.41) is 3.22. The Morgan fingerprint density at radius 3 is 2.54 bits per heavy atom. The minimum Gasteiger partial charge on any atom is -0.342 e. The molecule has 4 aromatic rings. The van der Waals surface area contributed by atoms with Crippen LogP contribution in [0.5, 0.6) is 0 Å². The first kappa shape index (κ1) is 17.6. The van der Waals surface area contributed by atoms with E-state index in [2.05, 4.69) is 10.3 Å². The smallest absolute Gasteiger partial charge is 0.296 e. The molecule has 2 aromatic carbocycles. The van der Waals surface area contributed by atoms with Gasteiger partial charge in [-0.1, -0.05) is 24.3 Å². The number of hydrogen-bond donors (Lipinski definition) is 1. The Morgan fingerprint density at radius 2 is 1.79 bits per heavy atom. The predicted octanol–water partition coefficient (Wildman–Crippen LogP) is 4.05. The van der Waals surface area contributed by atoms with Gasteiger partial charge in [-0.3, -0.25) is 14.6 Å². The number of aromatic nitrogens is 2. The summed E-state index contributed by atoms with van der Waals surface area (Å²) < 4.78 is 14.9. The van der Waals surface area contributed by atoms with E-state index in [0.717, 1.165) is 11.1 Å². The summed E-state index contributed by atoms with van der Waals surface area (Å²) in [4.78, 5) is 29.3. The van der Waals surface area contributed by atoms with Crippen LogP contribution in [0.4, 0.5) is 10.1 Å². The molecule has 0 radical (unpaired) electrons. The largest absolute Gasteiger partial charge is 0.342 e. The zero-order chi connectivity index (χ0) is 19.5. The van der Waals surface area contributed by atoms with E-state index in [4.69, 9.17) is 0 Å². The molecule has 0 fully saturated rings. The van der Waals surface area contributed by atoms with Crippen LogP contribution < -0.4 is 5.32 Å². The van der Waals surface area contributed by atoms with E-state index in [1.54, 1.807) is 18.6 Å². The van der Waals surface area contributed by atoms with Crippen molar-refractivity contribution in [3.63, 3.8) is 0 Å². The number of fused-ring (bicyclic) bond motifs is 1. The fraction of sp³-hybridized carbons (Fsp3) is 0.0455. The minimum atomic E-state index is -0.768. The number of anilines is 1. The van der Waals surface area contributed by atoms with Gasteiger partial charge in [0.05, 0.1) is 5.56 Å². The lowest BCUT2D eigenvalue weighted by Crippen LogP contribution is -2.22. The molecule has 1 N–H and O–H groups in total. The molecule has 6 heteroatoms. The molecule has 0 aliphatic rings. The fourth-order valence-corrected chi connectivity index (χ4v) is 3.09. The Balaban J connectivity index is 1.65. The number of hydrogen-bond acceptors (Lipinski definition) is 3. The quantitative estimate of drug-likeness (QED) is 0.424. The highest BCUT2D eigenvalue weighted by Gasteiger charge is 2.21. The molecule has 5 nitrogen and oxygen atoms in total. The van der Waals surface area contributed by atoms with Gasteiger partial charge in [-0.2, -0.15) is 0 Å². The first-order valence-corrected chi connectivity index (χ1v) is 8.70. The SMILES string of the molecule is O=C(Nc1ccc(F)cc1)C(=O)c1cn(Cc2cccnc2)c2ccccc12. The van der Waals surface area contributed by atoms with Gasteiger partial charge in [0.25, 0.3) is 11.7 Å². The molecule has 0 atom stereocenters. The highest BCUT2D eigenvalue weighted by molar-refractivity contribution is 6.48. The van der Waals surface area contributed by atoms with Crippen LogP contribution in [0, 0.1) is 5.82 Å². The van der Waals surface area contributed by atoms with Crippen molar-refractivity contribution in [2.45, 2.75) is 6.54 Å². The van der Waals surface area contributed by atoms with Crippen molar-refractivity contribution in [2.24, 2.45) is 0 Å². The summed E-state index contributed by atoms with van der Waals surface area (Å²) in [6, 6.07) is 16.5. The summed E-state index contributed by atoms with van der Waals surface area (Å²) in [5.74, 6) is -1.83. The van der Waals surface area contributed by atoms with Crippen molar-refractivity contribution < 1.29 is 14.0 Å². The maximum Gasteiger partial charge on any atom is 0.296 e. The molecule has 0 saturated carbocycles. The summed E-state index contributed by atoms with van der Waals surface area (Å²) in [6.07, 6.45) is 5.15. The Morgan fingerprint density at radius 1 is 1.00 bits per heavy atom. The van der Waals surface area contributed by atoms with Crippen LogP contribution in [0.1, 0.15) is 15.9 Å². The minimum absolute atomic E-state index is 0.319. The Kier molecular flexibility index (Phi) is 4.68. The molecular weight excluding hydrogens is 357 g/mol. The maximum absolute atomic E-state index is 13.0. The first-order valence-electron chi connectivity index (χ1n) is 8.70. The number of nitrogens with one attached hydrogen (secondary N) is 1. The van der Waals surface area contributed by atoms with Crippen LogP contribution in [0.25, 0.3) is 10.9 Å². The lowest BCUT2D eigenvalue weighted by Gasteiger charge is -2.04. The molecule has 0 unspecified atom stereocenters. The number of benzene rings is 2. The van der Waals surface area contributed by atoms with Crippen molar-refractivity contribution in [3.05, 3.63) is 96.2 Å². The van der Waals surface area contributed by atoms with Gasteiger partial charge in [-0.05, 0) is 42.0 Å². The Hall–Kier alpha value is -3.80. The lowest BCUT2D eigenvalue weighted by atomic mass is 10.1. The van der Waals surface area contributed by atoms with Gasteiger partial charge >= 0.3 is 0 Å². The number of pyridine rings is 1. The average Bonchev–Trinajstić information content (AvgIpc) is 3.08. The van der Waals surface area contributed by atoms with Gasteiger partial charge in [0.15, 0.2) is 0 Å². The van der Waals surface area contributed by atoms with E-state index < -0.39 is 17.5 Å². The lowest BCUT2D eigenvalue weighted by molar-refractivity contribution is -0.112. The van der Waals surface area contributed by atoms with Gasteiger partial charge in [-0.25, -0.2) is 4.39 Å². The van der Waals surface area contributed by atoms with Crippen LogP contribution in [0.3, 0.4) is 0 Å². The number of Topliss-reactive ketones (excluding diaryl/α,β-unsaturated/α-hetero) is 1. The number of ketones is 1. The molecule has 28 heavy (non-hydrogen) atoms. The van der Waals surface area contributed by atoms with Gasteiger partial charge in [0.2, 0.25) is 0 Å². The Labute approximate surface area is 160 Å². The van der Waals surface area contributed by atoms with E-state index in [0.29, 0.717) is 23.2 Å².